The number of amides is 1. The summed E-state index contributed by atoms with van der Waals surface area (Å²) in [6.07, 6.45) is 1.21. The highest BCUT2D eigenvalue weighted by Gasteiger charge is 2.20. The Morgan fingerprint density at radius 3 is 2.24 bits per heavy atom. The van der Waals surface area contributed by atoms with Crippen LogP contribution in [0.3, 0.4) is 0 Å². The molecule has 8 heteroatoms. The Kier molecular flexibility index (Phi) is 4.59. The number of aromatic nitrogens is 3. The molecule has 2 heterocycles. The summed E-state index contributed by atoms with van der Waals surface area (Å²) in [4.78, 5) is 55.9. The predicted molar refractivity (Wildman–Crippen MR) is 111 cm³/mol. The van der Waals surface area contributed by atoms with Gasteiger partial charge in [-0.3, -0.25) is 19.8 Å². The molecule has 0 aliphatic carbocycles. The molecular formula is C21H18N4O4. The quantitative estimate of drug-likeness (QED) is 0.493. The molecule has 146 valence electrons. The second kappa shape index (κ2) is 7.23. The normalized spacial score (nSPS) is 11.1. The summed E-state index contributed by atoms with van der Waals surface area (Å²) in [6.45, 7) is 1.94. The zero-order valence-electron chi connectivity index (χ0n) is 15.6. The lowest BCUT2D eigenvalue weighted by Gasteiger charge is -2.13. The number of carbonyl (C=O) groups is 1. The molecule has 0 aliphatic heterocycles. The first-order valence-corrected chi connectivity index (χ1v) is 9.20. The second-order valence-electron chi connectivity index (χ2n) is 6.66. The van der Waals surface area contributed by atoms with Gasteiger partial charge in [0.05, 0.1) is 10.9 Å². The molecule has 0 bridgehead atoms. The number of aryl methyl sites for hydroxylation is 1. The van der Waals surface area contributed by atoms with Gasteiger partial charge in [-0.15, -0.1) is 0 Å². The third-order valence-corrected chi connectivity index (χ3v) is 4.77. The zero-order valence-corrected chi connectivity index (χ0v) is 15.6. The number of aromatic amines is 2. The third-order valence-electron chi connectivity index (χ3n) is 4.77. The highest BCUT2D eigenvalue weighted by Crippen LogP contribution is 2.20. The number of fused-ring (bicyclic) bond motifs is 2. The largest absolute Gasteiger partial charge is 0.348 e. The molecule has 0 saturated carbocycles. The summed E-state index contributed by atoms with van der Waals surface area (Å²) in [5.74, 6) is -0.816. The van der Waals surface area contributed by atoms with Gasteiger partial charge in [-0.1, -0.05) is 43.7 Å². The van der Waals surface area contributed by atoms with E-state index in [-0.39, 0.29) is 10.9 Å². The lowest BCUT2D eigenvalue weighted by Crippen LogP contribution is -2.44. The topological polar surface area (TPSA) is 117 Å². The Bertz CT molecular complexity index is 1430. The number of rotatable bonds is 4. The number of hydrogen-bond donors (Lipinski definition) is 3. The summed E-state index contributed by atoms with van der Waals surface area (Å²) in [7, 11) is 0. The van der Waals surface area contributed by atoms with Gasteiger partial charge in [-0.05, 0) is 30.2 Å². The van der Waals surface area contributed by atoms with E-state index in [4.69, 9.17) is 0 Å². The van der Waals surface area contributed by atoms with Crippen molar-refractivity contribution < 1.29 is 4.79 Å². The van der Waals surface area contributed by atoms with Crippen molar-refractivity contribution in [2.24, 2.45) is 0 Å². The van der Waals surface area contributed by atoms with Crippen LogP contribution in [0, 0.1) is 0 Å². The number of carbonyl (C=O) groups excluding carboxylic acids is 1. The van der Waals surface area contributed by atoms with E-state index < -0.39 is 22.7 Å². The van der Waals surface area contributed by atoms with Crippen LogP contribution in [-0.2, 0) is 6.42 Å². The number of nitrogens with one attached hydrogen (secondary N) is 3. The highest BCUT2D eigenvalue weighted by atomic mass is 16.2. The monoisotopic (exact) mass is 390 g/mol. The molecule has 1 amide bonds. The first-order valence-electron chi connectivity index (χ1n) is 9.20. The Morgan fingerprint density at radius 2 is 1.55 bits per heavy atom. The number of pyridine rings is 1. The minimum Gasteiger partial charge on any atom is -0.321 e. The number of benzene rings is 2. The van der Waals surface area contributed by atoms with Crippen molar-refractivity contribution in [2.45, 2.75) is 19.8 Å². The minimum absolute atomic E-state index is 0.106. The van der Waals surface area contributed by atoms with Gasteiger partial charge in [0.25, 0.3) is 17.0 Å². The van der Waals surface area contributed by atoms with Crippen LogP contribution < -0.4 is 22.2 Å². The minimum atomic E-state index is -0.816. The van der Waals surface area contributed by atoms with Crippen LogP contribution in [0.5, 0.6) is 0 Å². The van der Waals surface area contributed by atoms with Gasteiger partial charge in [0, 0.05) is 10.9 Å². The lowest BCUT2D eigenvalue weighted by atomic mass is 9.99. The number of para-hydroxylation sites is 2. The summed E-state index contributed by atoms with van der Waals surface area (Å²) in [6, 6.07) is 13.7. The average molecular weight is 390 g/mol. The van der Waals surface area contributed by atoms with Gasteiger partial charge >= 0.3 is 5.69 Å². The Labute approximate surface area is 163 Å². The molecule has 0 unspecified atom stereocenters. The van der Waals surface area contributed by atoms with Crippen molar-refractivity contribution in [3.8, 4) is 0 Å². The number of nitrogens with zero attached hydrogens (tertiary/aromatic N) is 1. The number of H-pyrrole nitrogens is 2. The maximum Gasteiger partial charge on any atom is 0.348 e. The van der Waals surface area contributed by atoms with Crippen LogP contribution in [0.2, 0.25) is 0 Å². The van der Waals surface area contributed by atoms with Gasteiger partial charge in [0.2, 0.25) is 0 Å². The van der Waals surface area contributed by atoms with E-state index in [0.29, 0.717) is 34.1 Å². The fourth-order valence-corrected chi connectivity index (χ4v) is 3.48. The average Bonchev–Trinajstić information content (AvgIpc) is 2.71. The smallest absolute Gasteiger partial charge is 0.321 e. The Morgan fingerprint density at radius 1 is 0.931 bits per heavy atom. The molecule has 0 aliphatic rings. The fraction of sp³-hybridized carbons (Fsp3) is 0.143. The second-order valence-corrected chi connectivity index (χ2v) is 6.66. The molecule has 4 rings (SSSR count). The van der Waals surface area contributed by atoms with Crippen LogP contribution in [0.1, 0.15) is 29.3 Å². The van der Waals surface area contributed by atoms with Crippen molar-refractivity contribution in [1.29, 1.82) is 0 Å². The molecule has 2 aromatic heterocycles. The summed E-state index contributed by atoms with van der Waals surface area (Å²) in [5, 5.41) is 0.993. The maximum atomic E-state index is 13.0. The van der Waals surface area contributed by atoms with Crippen LogP contribution in [-0.4, -0.2) is 20.6 Å². The molecule has 8 nitrogen and oxygen atoms in total. The molecular weight excluding hydrogens is 372 g/mol. The molecule has 2 aromatic carbocycles. The highest BCUT2D eigenvalue weighted by molar-refractivity contribution is 6.04. The van der Waals surface area contributed by atoms with Gasteiger partial charge < -0.3 is 9.97 Å². The van der Waals surface area contributed by atoms with Gasteiger partial charge in [0.15, 0.2) is 0 Å². The molecule has 3 N–H and O–H groups in total. The van der Waals surface area contributed by atoms with Crippen LogP contribution in [0.4, 0.5) is 0 Å². The van der Waals surface area contributed by atoms with E-state index in [0.717, 1.165) is 5.39 Å². The summed E-state index contributed by atoms with van der Waals surface area (Å²) >= 11 is 0. The Hall–Kier alpha value is -3.94. The van der Waals surface area contributed by atoms with E-state index in [1.807, 2.05) is 19.1 Å². The molecule has 0 fully saturated rings. The van der Waals surface area contributed by atoms with Crippen molar-refractivity contribution in [3.05, 3.63) is 90.8 Å². The van der Waals surface area contributed by atoms with Gasteiger partial charge in [0.1, 0.15) is 5.56 Å². The molecule has 0 radical (unpaired) electrons. The standard InChI is InChI=1S/C21H18N4O4/c1-2-7-13-12-8-3-5-10-15(12)22-18(26)17(13)19(27)24-25-20(28)14-9-4-6-11-16(14)23-21(25)29/h3-6,8-11H,2,7H2,1H3,(H,22,26)(H,23,29)(H,24,27). The SMILES string of the molecule is CCCc1c(C(=O)Nn2c(=O)[nH]c3ccccc3c2=O)c(=O)[nH]c2ccccc12. The third kappa shape index (κ3) is 3.14. The first-order chi connectivity index (χ1) is 14.0. The van der Waals surface area contributed by atoms with Crippen LogP contribution in [0.25, 0.3) is 21.8 Å². The van der Waals surface area contributed by atoms with Crippen molar-refractivity contribution in [3.63, 3.8) is 0 Å². The predicted octanol–water partition coefficient (Wildman–Crippen LogP) is 1.87. The van der Waals surface area contributed by atoms with E-state index in [1.165, 1.54) is 0 Å². The lowest BCUT2D eigenvalue weighted by molar-refractivity contribution is 0.100. The van der Waals surface area contributed by atoms with E-state index in [1.54, 1.807) is 36.4 Å². The van der Waals surface area contributed by atoms with Crippen molar-refractivity contribution >= 4 is 27.7 Å². The molecule has 29 heavy (non-hydrogen) atoms. The van der Waals surface area contributed by atoms with Gasteiger partial charge in [-0.25, -0.2) is 4.79 Å². The summed E-state index contributed by atoms with van der Waals surface area (Å²) in [5.41, 5.74) is 1.71. The van der Waals surface area contributed by atoms with Crippen molar-refractivity contribution in [2.75, 3.05) is 5.43 Å². The molecule has 0 spiro atoms. The first kappa shape index (κ1) is 18.4. The van der Waals surface area contributed by atoms with E-state index in [2.05, 4.69) is 15.4 Å². The molecule has 4 aromatic rings. The molecule has 0 atom stereocenters. The van der Waals surface area contributed by atoms with Crippen molar-refractivity contribution in [1.82, 2.24) is 14.6 Å². The zero-order chi connectivity index (χ0) is 20.5. The number of hydrogen-bond acceptors (Lipinski definition) is 4. The molecule has 0 saturated heterocycles. The fourth-order valence-electron chi connectivity index (χ4n) is 3.48. The van der Waals surface area contributed by atoms with E-state index in [9.17, 15) is 19.2 Å². The van der Waals surface area contributed by atoms with Gasteiger partial charge in [-0.2, -0.15) is 4.68 Å². The van der Waals surface area contributed by atoms with Crippen LogP contribution in [0.15, 0.2) is 62.9 Å². The summed E-state index contributed by atoms with van der Waals surface area (Å²) < 4.78 is 0.592. The maximum absolute atomic E-state index is 13.0. The van der Waals surface area contributed by atoms with E-state index >= 15 is 0 Å². The van der Waals surface area contributed by atoms with Crippen LogP contribution >= 0.6 is 0 Å². The Balaban J connectivity index is 1.87.